The summed E-state index contributed by atoms with van der Waals surface area (Å²) in [5, 5.41) is 3.76. The topological polar surface area (TPSA) is 85.1 Å². The first-order valence-electron chi connectivity index (χ1n) is 4.99. The Bertz CT molecular complexity index is 648. The molecule has 0 aliphatic rings. The quantitative estimate of drug-likeness (QED) is 0.938. The van der Waals surface area contributed by atoms with Gasteiger partial charge in [-0.2, -0.15) is 0 Å². The molecule has 2 heterocycles. The Morgan fingerprint density at radius 1 is 1.50 bits per heavy atom. The molecule has 0 fully saturated rings. The molecule has 0 radical (unpaired) electrons. The van der Waals surface area contributed by atoms with Crippen molar-refractivity contribution in [3.8, 4) is 0 Å². The summed E-state index contributed by atoms with van der Waals surface area (Å²) in [6, 6.07) is 1.55. The van der Waals surface area contributed by atoms with Gasteiger partial charge in [-0.1, -0.05) is 41.9 Å². The number of anilines is 1. The highest BCUT2D eigenvalue weighted by Gasteiger charge is 2.20. The van der Waals surface area contributed by atoms with Crippen LogP contribution >= 0.6 is 22.9 Å². The molecule has 0 saturated heterocycles. The van der Waals surface area contributed by atoms with E-state index in [2.05, 4.69) is 14.9 Å². The maximum Gasteiger partial charge on any atom is 0.275 e. The minimum Gasteiger partial charge on any atom is -0.338 e. The van der Waals surface area contributed by atoms with Crippen molar-refractivity contribution < 1.29 is 12.9 Å². The molecule has 0 unspecified atom stereocenters. The van der Waals surface area contributed by atoms with Crippen molar-refractivity contribution >= 4 is 38.8 Å². The van der Waals surface area contributed by atoms with E-state index in [0.717, 1.165) is 11.3 Å². The summed E-state index contributed by atoms with van der Waals surface area (Å²) in [6.07, 6.45) is 1.19. The van der Waals surface area contributed by atoms with Crippen LogP contribution in [0.1, 0.15) is 25.5 Å². The number of aromatic nitrogens is 2. The van der Waals surface area contributed by atoms with Gasteiger partial charge in [-0.3, -0.25) is 0 Å². The monoisotopic (exact) mass is 307 g/mol. The summed E-state index contributed by atoms with van der Waals surface area (Å²) in [5.41, 5.74) is 0.676. The zero-order chi connectivity index (χ0) is 13.3. The van der Waals surface area contributed by atoms with Gasteiger partial charge in [0.05, 0.1) is 11.9 Å². The van der Waals surface area contributed by atoms with Gasteiger partial charge in [-0.15, -0.1) is 0 Å². The molecule has 2 rings (SSSR count). The van der Waals surface area contributed by atoms with Crippen LogP contribution in [0.15, 0.2) is 21.0 Å². The van der Waals surface area contributed by atoms with Gasteiger partial charge in [-0.25, -0.2) is 18.1 Å². The molecule has 2 aromatic heterocycles. The number of nitrogens with zero attached hydrogens (tertiary/aromatic N) is 2. The highest BCUT2D eigenvalue weighted by molar-refractivity contribution is 7.94. The molecule has 0 atom stereocenters. The minimum atomic E-state index is -3.72. The van der Waals surface area contributed by atoms with E-state index in [0.29, 0.717) is 5.69 Å². The Morgan fingerprint density at radius 2 is 2.22 bits per heavy atom. The van der Waals surface area contributed by atoms with Crippen molar-refractivity contribution in [2.45, 2.75) is 24.0 Å². The van der Waals surface area contributed by atoms with Gasteiger partial charge in [0.2, 0.25) is 5.88 Å². The van der Waals surface area contributed by atoms with Crippen LogP contribution in [0.3, 0.4) is 0 Å². The molecule has 98 valence electrons. The Morgan fingerprint density at radius 3 is 2.72 bits per heavy atom. The number of rotatable bonds is 4. The van der Waals surface area contributed by atoms with Crippen molar-refractivity contribution in [2.75, 3.05) is 4.72 Å². The van der Waals surface area contributed by atoms with E-state index in [1.807, 2.05) is 13.8 Å². The van der Waals surface area contributed by atoms with Gasteiger partial charge < -0.3 is 4.52 Å². The smallest absolute Gasteiger partial charge is 0.275 e. The molecule has 0 aromatic carbocycles. The average Bonchev–Trinajstić information content (AvgIpc) is 2.86. The fourth-order valence-electron chi connectivity index (χ4n) is 1.16. The van der Waals surface area contributed by atoms with Crippen LogP contribution in [0.2, 0.25) is 4.47 Å². The normalized spacial score (nSPS) is 12.0. The second kappa shape index (κ2) is 4.87. The molecule has 18 heavy (non-hydrogen) atoms. The maximum atomic E-state index is 11.9. The van der Waals surface area contributed by atoms with E-state index >= 15 is 0 Å². The first-order valence-corrected chi connectivity index (χ1v) is 7.67. The highest BCUT2D eigenvalue weighted by atomic mass is 35.5. The molecule has 6 nitrogen and oxygen atoms in total. The second-order valence-electron chi connectivity index (χ2n) is 3.81. The molecule has 0 aliphatic carbocycles. The fourth-order valence-corrected chi connectivity index (χ4v) is 3.42. The van der Waals surface area contributed by atoms with E-state index < -0.39 is 10.0 Å². The van der Waals surface area contributed by atoms with Crippen LogP contribution in [0.4, 0.5) is 5.88 Å². The van der Waals surface area contributed by atoms with E-state index in [9.17, 15) is 8.42 Å². The van der Waals surface area contributed by atoms with E-state index in [1.165, 1.54) is 6.20 Å². The van der Waals surface area contributed by atoms with Gasteiger partial charge in [-0.05, 0) is 5.92 Å². The molecule has 2 aromatic rings. The molecule has 0 aliphatic heterocycles. The van der Waals surface area contributed by atoms with Crippen LogP contribution in [0, 0.1) is 0 Å². The lowest BCUT2D eigenvalue weighted by molar-refractivity contribution is 0.423. The third-order valence-electron chi connectivity index (χ3n) is 2.08. The molecule has 0 amide bonds. The maximum absolute atomic E-state index is 11.9. The van der Waals surface area contributed by atoms with Crippen LogP contribution in [0.5, 0.6) is 0 Å². The molecular weight excluding hydrogens is 298 g/mol. The zero-order valence-electron chi connectivity index (χ0n) is 9.55. The van der Waals surface area contributed by atoms with Crippen LogP contribution in [-0.2, 0) is 10.0 Å². The Kier molecular flexibility index (Phi) is 3.60. The summed E-state index contributed by atoms with van der Waals surface area (Å²) >= 11 is 6.46. The number of halogens is 1. The first kappa shape index (κ1) is 13.3. The Balaban J connectivity index is 2.22. The first-order chi connectivity index (χ1) is 8.38. The van der Waals surface area contributed by atoms with Gasteiger partial charge >= 0.3 is 0 Å². The van der Waals surface area contributed by atoms with Gasteiger partial charge in [0.15, 0.2) is 8.68 Å². The lowest BCUT2D eigenvalue weighted by atomic mass is 10.1. The van der Waals surface area contributed by atoms with Crippen molar-refractivity contribution in [1.82, 2.24) is 10.1 Å². The predicted molar refractivity (Wildman–Crippen MR) is 68.5 cm³/mol. The van der Waals surface area contributed by atoms with Gasteiger partial charge in [0.25, 0.3) is 10.0 Å². The SMILES string of the molecule is CC(C)c1cc(NS(=O)(=O)c2cnc(Cl)s2)on1. The van der Waals surface area contributed by atoms with Crippen LogP contribution < -0.4 is 4.72 Å². The van der Waals surface area contributed by atoms with Crippen molar-refractivity contribution in [2.24, 2.45) is 0 Å². The third kappa shape index (κ3) is 2.82. The molecule has 0 bridgehead atoms. The Hall–Kier alpha value is -1.12. The molecule has 9 heteroatoms. The zero-order valence-corrected chi connectivity index (χ0v) is 11.9. The van der Waals surface area contributed by atoms with Gasteiger partial charge in [0.1, 0.15) is 0 Å². The summed E-state index contributed by atoms with van der Waals surface area (Å²) < 4.78 is 31.2. The Labute approximate surface area is 113 Å². The number of sulfonamides is 1. The fraction of sp³-hybridized carbons (Fsp3) is 0.333. The average molecular weight is 308 g/mol. The second-order valence-corrected chi connectivity index (χ2v) is 7.33. The number of hydrogen-bond donors (Lipinski definition) is 1. The van der Waals surface area contributed by atoms with Gasteiger partial charge in [0, 0.05) is 6.07 Å². The number of nitrogens with one attached hydrogen (secondary N) is 1. The number of hydrogen-bond acceptors (Lipinski definition) is 6. The third-order valence-corrected chi connectivity index (χ3v) is 5.00. The van der Waals surface area contributed by atoms with E-state index in [4.69, 9.17) is 16.1 Å². The summed E-state index contributed by atoms with van der Waals surface area (Å²) in [7, 11) is -3.72. The number of thiazole rings is 1. The molecule has 0 saturated carbocycles. The summed E-state index contributed by atoms with van der Waals surface area (Å²) in [6.45, 7) is 3.86. The molecule has 1 N–H and O–H groups in total. The van der Waals surface area contributed by atoms with E-state index in [1.54, 1.807) is 6.07 Å². The van der Waals surface area contributed by atoms with Crippen LogP contribution in [-0.4, -0.2) is 18.6 Å². The summed E-state index contributed by atoms with van der Waals surface area (Å²) in [4.78, 5) is 3.68. The molecular formula is C9H10ClN3O3S2. The van der Waals surface area contributed by atoms with Crippen molar-refractivity contribution in [1.29, 1.82) is 0 Å². The molecule has 0 spiro atoms. The largest absolute Gasteiger partial charge is 0.338 e. The highest BCUT2D eigenvalue weighted by Crippen LogP contribution is 2.25. The van der Waals surface area contributed by atoms with Crippen LogP contribution in [0.25, 0.3) is 0 Å². The standard InChI is InChI=1S/C9H10ClN3O3S2/c1-5(2)6-3-7(16-12-6)13-18(14,15)8-4-11-9(10)17-8/h3-5,13H,1-2H3. The lowest BCUT2D eigenvalue weighted by Gasteiger charge is -2.00. The summed E-state index contributed by atoms with van der Waals surface area (Å²) in [5.74, 6) is 0.230. The van der Waals surface area contributed by atoms with Crippen molar-refractivity contribution in [3.05, 3.63) is 22.4 Å². The predicted octanol–water partition coefficient (Wildman–Crippen LogP) is 2.71. The lowest BCUT2D eigenvalue weighted by Crippen LogP contribution is -2.10. The van der Waals surface area contributed by atoms with Crippen molar-refractivity contribution in [3.63, 3.8) is 0 Å². The van der Waals surface area contributed by atoms with E-state index in [-0.39, 0.29) is 20.5 Å². The minimum absolute atomic E-state index is 0.0231.